The van der Waals surface area contributed by atoms with Crippen molar-refractivity contribution in [2.45, 2.75) is 36.5 Å². The van der Waals surface area contributed by atoms with E-state index in [9.17, 15) is 9.18 Å². The molecule has 0 spiro atoms. The average Bonchev–Trinajstić information content (AvgIpc) is 2.84. The van der Waals surface area contributed by atoms with Gasteiger partial charge in [-0.05, 0) is 61.1 Å². The minimum atomic E-state index is -0.625. The second-order valence-electron chi connectivity index (χ2n) is 8.51. The lowest BCUT2D eigenvalue weighted by Crippen LogP contribution is -2.52. The van der Waals surface area contributed by atoms with Gasteiger partial charge in [-0.3, -0.25) is 4.79 Å². The third-order valence-corrected chi connectivity index (χ3v) is 6.92. The molecule has 0 radical (unpaired) electrons. The second-order valence-corrected chi connectivity index (χ2v) is 8.51. The van der Waals surface area contributed by atoms with Crippen LogP contribution in [0.15, 0.2) is 48.5 Å². The molecule has 0 saturated carbocycles. The van der Waals surface area contributed by atoms with E-state index in [1.165, 1.54) is 12.1 Å². The van der Waals surface area contributed by atoms with Crippen LogP contribution in [0, 0.1) is 5.82 Å². The minimum Gasteiger partial charge on any atom is -0.497 e. The summed E-state index contributed by atoms with van der Waals surface area (Å²) in [5, 5.41) is 3.27. The van der Waals surface area contributed by atoms with Crippen LogP contribution in [0.1, 0.15) is 36.8 Å². The second kappa shape index (κ2) is 9.37. The normalized spacial score (nSPS) is 20.1. The van der Waals surface area contributed by atoms with Crippen molar-refractivity contribution < 1.29 is 23.4 Å². The van der Waals surface area contributed by atoms with Gasteiger partial charge < -0.3 is 19.5 Å². The lowest BCUT2D eigenvalue weighted by molar-refractivity contribution is -0.131. The van der Waals surface area contributed by atoms with Crippen molar-refractivity contribution in [3.8, 4) is 5.75 Å². The van der Waals surface area contributed by atoms with Crippen molar-refractivity contribution in [2.24, 2.45) is 0 Å². The first-order chi connectivity index (χ1) is 15.1. The Labute approximate surface area is 182 Å². The summed E-state index contributed by atoms with van der Waals surface area (Å²) in [6.07, 6.45) is 2.85. The molecule has 2 aromatic rings. The third kappa shape index (κ3) is 4.46. The molecule has 1 N–H and O–H groups in total. The molecule has 0 atom stereocenters. The molecule has 166 valence electrons. The van der Waals surface area contributed by atoms with Crippen LogP contribution in [0.25, 0.3) is 0 Å². The van der Waals surface area contributed by atoms with Crippen LogP contribution in [-0.2, 0) is 25.1 Å². The maximum absolute atomic E-state index is 13.7. The van der Waals surface area contributed by atoms with Crippen LogP contribution in [0.2, 0.25) is 0 Å². The lowest BCUT2D eigenvalue weighted by Gasteiger charge is -2.41. The Balaban J connectivity index is 1.57. The van der Waals surface area contributed by atoms with Gasteiger partial charge in [-0.15, -0.1) is 0 Å². The van der Waals surface area contributed by atoms with Crippen molar-refractivity contribution in [3.05, 3.63) is 65.5 Å². The van der Waals surface area contributed by atoms with E-state index in [4.69, 9.17) is 14.2 Å². The van der Waals surface area contributed by atoms with E-state index in [-0.39, 0.29) is 17.1 Å². The van der Waals surface area contributed by atoms with E-state index in [0.717, 1.165) is 29.7 Å². The molecule has 0 aliphatic carbocycles. The molecule has 1 amide bonds. The van der Waals surface area contributed by atoms with Gasteiger partial charge in [0, 0.05) is 38.4 Å². The first-order valence-electron chi connectivity index (χ1n) is 10.9. The summed E-state index contributed by atoms with van der Waals surface area (Å²) < 4.78 is 30.0. The highest BCUT2D eigenvalue weighted by Crippen LogP contribution is 2.38. The summed E-state index contributed by atoms with van der Waals surface area (Å²) in [6.45, 7) is 2.86. The maximum atomic E-state index is 13.7. The Kier molecular flexibility index (Phi) is 6.58. The summed E-state index contributed by atoms with van der Waals surface area (Å²) in [4.78, 5) is 13.7. The zero-order valence-electron chi connectivity index (χ0n) is 18.0. The van der Waals surface area contributed by atoms with Crippen molar-refractivity contribution >= 4 is 5.91 Å². The number of amides is 1. The summed E-state index contributed by atoms with van der Waals surface area (Å²) in [7, 11) is 1.63. The lowest BCUT2D eigenvalue weighted by atomic mass is 9.71. The zero-order valence-corrected chi connectivity index (χ0v) is 18.0. The predicted octanol–water partition coefficient (Wildman–Crippen LogP) is 3.75. The number of carbonyl (C=O) groups is 1. The van der Waals surface area contributed by atoms with Crippen molar-refractivity contribution in [3.63, 3.8) is 0 Å². The van der Waals surface area contributed by atoms with Crippen LogP contribution in [0.3, 0.4) is 0 Å². The molecule has 0 unspecified atom stereocenters. The summed E-state index contributed by atoms with van der Waals surface area (Å²) in [5.41, 5.74) is 1.15. The number of carbonyl (C=O) groups excluding carboxylic acids is 1. The molecule has 2 fully saturated rings. The molecule has 2 aliphatic rings. The van der Waals surface area contributed by atoms with Crippen molar-refractivity contribution in [2.75, 3.05) is 40.1 Å². The number of methoxy groups -OCH3 is 1. The van der Waals surface area contributed by atoms with Crippen LogP contribution in [-0.4, -0.2) is 46.0 Å². The highest BCUT2D eigenvalue weighted by atomic mass is 19.1. The predicted molar refractivity (Wildman–Crippen MR) is 116 cm³/mol. The topological polar surface area (TPSA) is 56.8 Å². The fraction of sp³-hybridized carbons (Fsp3) is 0.480. The molecule has 0 aromatic heterocycles. The van der Waals surface area contributed by atoms with Crippen LogP contribution in [0.5, 0.6) is 5.75 Å². The van der Waals surface area contributed by atoms with Gasteiger partial charge in [0.1, 0.15) is 11.6 Å². The number of hydrogen-bond acceptors (Lipinski definition) is 4. The SMILES string of the molecule is COc1ccc(C2(C(=O)NCC3(c4ccc(F)cc4)CCOCC3)CCOCC2)cc1. The van der Waals surface area contributed by atoms with E-state index in [1.807, 2.05) is 36.4 Å². The number of ether oxygens (including phenoxy) is 3. The Morgan fingerprint density at radius 3 is 2.03 bits per heavy atom. The molecular formula is C25H30FNO4. The van der Waals surface area contributed by atoms with Crippen molar-refractivity contribution in [1.29, 1.82) is 0 Å². The number of halogens is 1. The fourth-order valence-electron chi connectivity index (χ4n) is 4.83. The fourth-order valence-corrected chi connectivity index (χ4v) is 4.83. The molecule has 2 saturated heterocycles. The Morgan fingerprint density at radius 2 is 1.45 bits per heavy atom. The van der Waals surface area contributed by atoms with Crippen LogP contribution < -0.4 is 10.1 Å². The molecule has 0 bridgehead atoms. The summed E-state index contributed by atoms with van der Waals surface area (Å²) in [5.74, 6) is 0.536. The molecule has 2 aliphatic heterocycles. The van der Waals surface area contributed by atoms with Gasteiger partial charge in [-0.2, -0.15) is 0 Å². The maximum Gasteiger partial charge on any atom is 0.230 e. The van der Waals surface area contributed by atoms with Crippen LogP contribution >= 0.6 is 0 Å². The first-order valence-corrected chi connectivity index (χ1v) is 10.9. The third-order valence-electron chi connectivity index (χ3n) is 6.92. The molecular weight excluding hydrogens is 397 g/mol. The first kappa shape index (κ1) is 21.8. The van der Waals surface area contributed by atoms with E-state index in [1.54, 1.807) is 7.11 Å². The monoisotopic (exact) mass is 427 g/mol. The Bertz CT molecular complexity index is 869. The number of hydrogen-bond donors (Lipinski definition) is 1. The van der Waals surface area contributed by atoms with E-state index < -0.39 is 5.41 Å². The smallest absolute Gasteiger partial charge is 0.230 e. The van der Waals surface area contributed by atoms with Crippen molar-refractivity contribution in [1.82, 2.24) is 5.32 Å². The van der Waals surface area contributed by atoms with Gasteiger partial charge in [-0.1, -0.05) is 24.3 Å². The molecule has 31 heavy (non-hydrogen) atoms. The molecule has 6 heteroatoms. The standard InChI is InChI=1S/C25H30FNO4/c1-29-22-8-4-20(5-9-22)25(12-16-31-17-13-25)23(28)27-18-24(10-14-30-15-11-24)19-2-6-21(26)7-3-19/h2-9H,10-18H2,1H3,(H,27,28). The number of rotatable bonds is 6. The Morgan fingerprint density at radius 1 is 0.903 bits per heavy atom. The number of nitrogens with one attached hydrogen (secondary N) is 1. The highest BCUT2D eigenvalue weighted by molar-refractivity contribution is 5.88. The minimum absolute atomic E-state index is 0.0222. The molecule has 4 rings (SSSR count). The van der Waals surface area contributed by atoms with Crippen LogP contribution in [0.4, 0.5) is 4.39 Å². The summed E-state index contributed by atoms with van der Waals surface area (Å²) >= 11 is 0. The largest absolute Gasteiger partial charge is 0.497 e. The van der Waals surface area contributed by atoms with E-state index in [2.05, 4.69) is 5.32 Å². The van der Waals surface area contributed by atoms with Gasteiger partial charge in [0.05, 0.1) is 12.5 Å². The number of benzene rings is 2. The average molecular weight is 428 g/mol. The molecule has 2 aromatic carbocycles. The quantitative estimate of drug-likeness (QED) is 0.763. The summed E-state index contributed by atoms with van der Waals surface area (Å²) in [6, 6.07) is 14.4. The van der Waals surface area contributed by atoms with Gasteiger partial charge in [-0.25, -0.2) is 4.39 Å². The van der Waals surface area contributed by atoms with Gasteiger partial charge in [0.15, 0.2) is 0 Å². The van der Waals surface area contributed by atoms with Gasteiger partial charge >= 0.3 is 0 Å². The molecule has 2 heterocycles. The van der Waals surface area contributed by atoms with E-state index >= 15 is 0 Å². The van der Waals surface area contributed by atoms with E-state index in [0.29, 0.717) is 45.8 Å². The van der Waals surface area contributed by atoms with Gasteiger partial charge in [0.25, 0.3) is 0 Å². The highest BCUT2D eigenvalue weighted by Gasteiger charge is 2.43. The van der Waals surface area contributed by atoms with Gasteiger partial charge in [0.2, 0.25) is 5.91 Å². The molecule has 5 nitrogen and oxygen atoms in total. The Hall–Kier alpha value is -2.44. The zero-order chi connectivity index (χ0) is 21.7.